The van der Waals surface area contributed by atoms with Gasteiger partial charge in [-0.15, -0.1) is 0 Å². The van der Waals surface area contributed by atoms with Gasteiger partial charge in [0.15, 0.2) is 0 Å². The average molecular weight is 264 g/mol. The van der Waals surface area contributed by atoms with Crippen molar-refractivity contribution in [2.24, 2.45) is 5.92 Å². The van der Waals surface area contributed by atoms with Crippen molar-refractivity contribution in [1.82, 2.24) is 0 Å². The molecule has 1 N–H and O–H groups in total. The molecular weight excluding hydrogens is 250 g/mol. The quantitative estimate of drug-likeness (QED) is 0.802. The maximum absolute atomic E-state index is 11.4. The highest BCUT2D eigenvalue weighted by molar-refractivity contribution is 5.93. The van der Waals surface area contributed by atoms with Crippen LogP contribution in [0.3, 0.4) is 0 Å². The van der Waals surface area contributed by atoms with E-state index in [2.05, 4.69) is 29.6 Å². The van der Waals surface area contributed by atoms with E-state index in [9.17, 15) is 9.90 Å². The highest BCUT2D eigenvalue weighted by Gasteiger charge is 2.38. The number of hydrogen-bond donors (Lipinski definition) is 1. The van der Waals surface area contributed by atoms with Crippen molar-refractivity contribution in [3.05, 3.63) is 54.1 Å². The SMILES string of the molecule is O=C([O-])[C@@H]1Nc2ccc3ccccc3c2[C@@H]2C=CC[C@H]12. The van der Waals surface area contributed by atoms with Crippen molar-refractivity contribution in [2.45, 2.75) is 18.4 Å². The van der Waals surface area contributed by atoms with E-state index < -0.39 is 12.0 Å². The Kier molecular flexibility index (Phi) is 2.36. The van der Waals surface area contributed by atoms with Crippen molar-refractivity contribution in [1.29, 1.82) is 0 Å². The summed E-state index contributed by atoms with van der Waals surface area (Å²) in [5, 5.41) is 16.9. The van der Waals surface area contributed by atoms with E-state index in [1.165, 1.54) is 16.3 Å². The Morgan fingerprint density at radius 3 is 2.90 bits per heavy atom. The van der Waals surface area contributed by atoms with Crippen molar-refractivity contribution in [2.75, 3.05) is 5.32 Å². The molecule has 3 nitrogen and oxygen atoms in total. The molecule has 2 aromatic carbocycles. The number of nitrogens with one attached hydrogen (secondary N) is 1. The predicted octanol–water partition coefficient (Wildman–Crippen LogP) is 2.04. The second-order valence-electron chi connectivity index (χ2n) is 5.54. The molecule has 1 aliphatic carbocycles. The fourth-order valence-corrected chi connectivity index (χ4v) is 3.61. The number of rotatable bonds is 1. The summed E-state index contributed by atoms with van der Waals surface area (Å²) in [6, 6.07) is 11.7. The molecule has 0 unspecified atom stereocenters. The average Bonchev–Trinajstić information content (AvgIpc) is 2.94. The Morgan fingerprint density at radius 1 is 1.20 bits per heavy atom. The van der Waals surface area contributed by atoms with Crippen LogP contribution in [0.2, 0.25) is 0 Å². The van der Waals surface area contributed by atoms with Crippen LogP contribution < -0.4 is 10.4 Å². The predicted molar refractivity (Wildman–Crippen MR) is 76.4 cm³/mol. The van der Waals surface area contributed by atoms with Crippen LogP contribution in [0.5, 0.6) is 0 Å². The number of fused-ring (bicyclic) bond motifs is 5. The highest BCUT2D eigenvalue weighted by Crippen LogP contribution is 2.47. The third-order valence-electron chi connectivity index (χ3n) is 4.51. The van der Waals surface area contributed by atoms with Crippen molar-refractivity contribution in [3.8, 4) is 0 Å². The summed E-state index contributed by atoms with van der Waals surface area (Å²) in [4.78, 5) is 11.4. The second kappa shape index (κ2) is 4.10. The smallest absolute Gasteiger partial charge is 0.0698 e. The maximum atomic E-state index is 11.4. The lowest BCUT2D eigenvalue weighted by molar-refractivity contribution is -0.308. The first-order valence-electron chi connectivity index (χ1n) is 6.91. The van der Waals surface area contributed by atoms with Gasteiger partial charge >= 0.3 is 0 Å². The summed E-state index contributed by atoms with van der Waals surface area (Å²) >= 11 is 0. The lowest BCUT2D eigenvalue weighted by Crippen LogP contribution is -2.48. The van der Waals surface area contributed by atoms with Gasteiger partial charge in [0.1, 0.15) is 0 Å². The van der Waals surface area contributed by atoms with E-state index in [1.807, 2.05) is 24.3 Å². The van der Waals surface area contributed by atoms with Crippen LogP contribution in [0.4, 0.5) is 5.69 Å². The minimum Gasteiger partial charge on any atom is -0.548 e. The first kappa shape index (κ1) is 11.5. The number of benzene rings is 2. The van der Waals surface area contributed by atoms with Crippen LogP contribution in [-0.2, 0) is 4.79 Å². The summed E-state index contributed by atoms with van der Waals surface area (Å²) in [5.41, 5.74) is 2.14. The van der Waals surface area contributed by atoms with Gasteiger partial charge < -0.3 is 15.2 Å². The number of carbonyl (C=O) groups excluding carboxylic acids is 1. The van der Waals surface area contributed by atoms with Crippen LogP contribution >= 0.6 is 0 Å². The van der Waals surface area contributed by atoms with Gasteiger partial charge in [-0.05, 0) is 34.7 Å². The van der Waals surface area contributed by atoms with Crippen LogP contribution in [0.1, 0.15) is 17.9 Å². The largest absolute Gasteiger partial charge is 0.548 e. The Bertz CT molecular complexity index is 735. The van der Waals surface area contributed by atoms with E-state index >= 15 is 0 Å². The highest BCUT2D eigenvalue weighted by atomic mass is 16.4. The third kappa shape index (κ3) is 1.49. The Hall–Kier alpha value is -2.29. The fourth-order valence-electron chi connectivity index (χ4n) is 3.61. The van der Waals surface area contributed by atoms with Crippen LogP contribution in [0.25, 0.3) is 10.8 Å². The number of carboxylic acid groups (broad SMARTS) is 1. The number of carboxylic acids is 1. The summed E-state index contributed by atoms with van der Waals surface area (Å²) in [6.07, 6.45) is 5.02. The number of carbonyl (C=O) groups is 1. The zero-order chi connectivity index (χ0) is 13.7. The Labute approximate surface area is 116 Å². The molecule has 2 aliphatic rings. The Balaban J connectivity index is 1.97. The van der Waals surface area contributed by atoms with Gasteiger partial charge in [0.2, 0.25) is 0 Å². The molecule has 1 aliphatic heterocycles. The van der Waals surface area contributed by atoms with E-state index in [4.69, 9.17) is 0 Å². The molecule has 0 fully saturated rings. The number of hydrogen-bond acceptors (Lipinski definition) is 3. The molecule has 0 bridgehead atoms. The molecule has 3 atom stereocenters. The molecule has 4 rings (SSSR count). The van der Waals surface area contributed by atoms with Gasteiger partial charge in [0, 0.05) is 11.6 Å². The third-order valence-corrected chi connectivity index (χ3v) is 4.51. The number of allylic oxidation sites excluding steroid dienone is 2. The topological polar surface area (TPSA) is 52.2 Å². The molecule has 20 heavy (non-hydrogen) atoms. The summed E-state index contributed by atoms with van der Waals surface area (Å²) in [6.45, 7) is 0. The standard InChI is InChI=1S/C17H15NO2/c19-17(20)16-13-7-3-6-12(13)15-11-5-2-1-4-10(11)8-9-14(15)18-16/h1-6,8-9,12-13,16,18H,7H2,(H,19,20)/p-1/t12-,13+,16-/m1/s1. The van der Waals surface area contributed by atoms with Gasteiger partial charge in [-0.25, -0.2) is 0 Å². The zero-order valence-corrected chi connectivity index (χ0v) is 10.9. The minimum absolute atomic E-state index is 0.0540. The van der Waals surface area contributed by atoms with Crippen molar-refractivity contribution >= 4 is 22.4 Å². The molecule has 3 heteroatoms. The lowest BCUT2D eigenvalue weighted by atomic mass is 9.77. The second-order valence-corrected chi connectivity index (χ2v) is 5.54. The monoisotopic (exact) mass is 264 g/mol. The van der Waals surface area contributed by atoms with Gasteiger partial charge in [-0.2, -0.15) is 0 Å². The van der Waals surface area contributed by atoms with Crippen molar-refractivity contribution < 1.29 is 9.90 Å². The number of aliphatic carboxylic acids is 1. The van der Waals surface area contributed by atoms with Gasteiger partial charge in [-0.3, -0.25) is 0 Å². The minimum atomic E-state index is -1.01. The van der Waals surface area contributed by atoms with Gasteiger partial charge in [0.25, 0.3) is 0 Å². The fraction of sp³-hybridized carbons (Fsp3) is 0.235. The first-order valence-corrected chi connectivity index (χ1v) is 6.91. The summed E-state index contributed by atoms with van der Waals surface area (Å²) < 4.78 is 0. The molecule has 1 heterocycles. The molecule has 0 aromatic heterocycles. The molecule has 0 spiro atoms. The maximum Gasteiger partial charge on any atom is 0.0698 e. The van der Waals surface area contributed by atoms with E-state index in [0.717, 1.165) is 12.1 Å². The molecular formula is C17H14NO2-. The van der Waals surface area contributed by atoms with Gasteiger partial charge in [-0.1, -0.05) is 42.5 Å². The Morgan fingerprint density at radius 2 is 2.05 bits per heavy atom. The zero-order valence-electron chi connectivity index (χ0n) is 10.9. The molecule has 100 valence electrons. The number of anilines is 1. The molecule has 0 amide bonds. The van der Waals surface area contributed by atoms with E-state index in [0.29, 0.717) is 0 Å². The first-order chi connectivity index (χ1) is 9.75. The summed E-state index contributed by atoms with van der Waals surface area (Å²) in [7, 11) is 0. The van der Waals surface area contributed by atoms with E-state index in [-0.39, 0.29) is 11.8 Å². The molecule has 0 saturated heterocycles. The molecule has 0 saturated carbocycles. The van der Waals surface area contributed by atoms with Crippen LogP contribution in [0, 0.1) is 5.92 Å². The van der Waals surface area contributed by atoms with Crippen LogP contribution in [0.15, 0.2) is 48.6 Å². The van der Waals surface area contributed by atoms with Crippen molar-refractivity contribution in [3.63, 3.8) is 0 Å². The molecule has 2 aromatic rings. The normalized spacial score (nSPS) is 26.9. The van der Waals surface area contributed by atoms with E-state index in [1.54, 1.807) is 0 Å². The van der Waals surface area contributed by atoms with Crippen LogP contribution in [-0.4, -0.2) is 12.0 Å². The lowest BCUT2D eigenvalue weighted by Gasteiger charge is -2.38. The van der Waals surface area contributed by atoms with Gasteiger partial charge in [0.05, 0.1) is 12.0 Å². The summed E-state index contributed by atoms with van der Waals surface area (Å²) in [5.74, 6) is -0.791. The molecule has 0 radical (unpaired) electrons.